The van der Waals surface area contributed by atoms with Crippen LogP contribution < -0.4 is 4.74 Å². The van der Waals surface area contributed by atoms with Crippen LogP contribution in [0.5, 0.6) is 5.75 Å². The third-order valence-corrected chi connectivity index (χ3v) is 3.67. The fourth-order valence-electron chi connectivity index (χ4n) is 2.05. The summed E-state index contributed by atoms with van der Waals surface area (Å²) in [6.07, 6.45) is 0. The van der Waals surface area contributed by atoms with Crippen LogP contribution in [0.4, 0.5) is 0 Å². The summed E-state index contributed by atoms with van der Waals surface area (Å²) in [7, 11) is 0. The summed E-state index contributed by atoms with van der Waals surface area (Å²) in [6, 6.07) is 13.4. The van der Waals surface area contributed by atoms with Gasteiger partial charge in [-0.25, -0.2) is 4.79 Å². The summed E-state index contributed by atoms with van der Waals surface area (Å²) >= 11 is 5.80. The van der Waals surface area contributed by atoms with E-state index < -0.39 is 11.6 Å². The van der Waals surface area contributed by atoms with Crippen LogP contribution in [0.1, 0.15) is 36.7 Å². The van der Waals surface area contributed by atoms with E-state index in [0.29, 0.717) is 28.5 Å². The Morgan fingerprint density at radius 3 is 2.23 bits per heavy atom. The van der Waals surface area contributed by atoms with E-state index in [9.17, 15) is 9.59 Å². The number of hydrogen-bond donors (Lipinski definition) is 0. The molecule has 0 amide bonds. The van der Waals surface area contributed by atoms with Gasteiger partial charge in [-0.05, 0) is 75.2 Å². The predicted octanol–water partition coefficient (Wildman–Crippen LogP) is 4.29. The molecule has 2 rings (SSSR count). The lowest BCUT2D eigenvalue weighted by atomic mass is 10.1. The number of benzene rings is 2. The lowest BCUT2D eigenvalue weighted by molar-refractivity contribution is -0.158. The van der Waals surface area contributed by atoms with Gasteiger partial charge >= 0.3 is 5.97 Å². The molecular formula is C21H19ClO4. The topological polar surface area (TPSA) is 52.6 Å². The van der Waals surface area contributed by atoms with Gasteiger partial charge in [-0.15, -0.1) is 0 Å². The minimum atomic E-state index is -1.09. The maximum Gasteiger partial charge on any atom is 0.349 e. The third kappa shape index (κ3) is 5.37. The zero-order chi connectivity index (χ0) is 19.2. The molecule has 0 saturated heterocycles. The second-order valence-electron chi connectivity index (χ2n) is 5.94. The van der Waals surface area contributed by atoms with Gasteiger partial charge in [0.05, 0.1) is 6.61 Å². The molecule has 0 aliphatic carbocycles. The van der Waals surface area contributed by atoms with Gasteiger partial charge in [0.2, 0.25) is 5.78 Å². The van der Waals surface area contributed by atoms with Gasteiger partial charge < -0.3 is 9.47 Å². The van der Waals surface area contributed by atoms with E-state index in [0.717, 1.165) is 0 Å². The lowest BCUT2D eigenvalue weighted by Crippen LogP contribution is -2.39. The number of Topliss-reactive ketones (excluding diaryl/α,β-unsaturated/α-hetero) is 1. The largest absolute Gasteiger partial charge is 0.476 e. The summed E-state index contributed by atoms with van der Waals surface area (Å²) < 4.78 is 10.7. The Labute approximate surface area is 158 Å². The fraction of sp³-hybridized carbons (Fsp3) is 0.238. The molecule has 0 saturated carbocycles. The molecule has 4 nitrogen and oxygen atoms in total. The summed E-state index contributed by atoms with van der Waals surface area (Å²) in [5.41, 5.74) is 0.0555. The number of carbonyl (C=O) groups is 2. The van der Waals surface area contributed by atoms with Crippen LogP contribution in [0.25, 0.3) is 0 Å². The van der Waals surface area contributed by atoms with Crippen LogP contribution >= 0.6 is 11.6 Å². The van der Waals surface area contributed by atoms with Gasteiger partial charge in [0, 0.05) is 16.1 Å². The molecule has 0 aromatic heterocycles. The Balaban J connectivity index is 2.05. The molecule has 0 spiro atoms. The molecule has 0 N–H and O–H groups in total. The normalized spacial score (nSPS) is 10.5. The average molecular weight is 371 g/mol. The zero-order valence-electron chi connectivity index (χ0n) is 14.8. The molecule has 2 aromatic carbocycles. The number of esters is 1. The molecule has 2 aromatic rings. The molecule has 5 heteroatoms. The lowest BCUT2D eigenvalue weighted by Gasteiger charge is -2.24. The summed E-state index contributed by atoms with van der Waals surface area (Å²) in [4.78, 5) is 23.9. The molecule has 0 aliphatic rings. The van der Waals surface area contributed by atoms with Crippen molar-refractivity contribution in [2.45, 2.75) is 26.4 Å². The standard InChI is InChI=1S/C21H19ClO4/c1-4-25-20(24)21(2,3)26-18-12-5-15(6-13-18)7-14-19(23)16-8-10-17(22)11-9-16/h5-6,8-13H,4H2,1-3H3. The monoisotopic (exact) mass is 370 g/mol. The van der Waals surface area contributed by atoms with E-state index >= 15 is 0 Å². The van der Waals surface area contributed by atoms with Crippen molar-refractivity contribution in [3.05, 3.63) is 64.7 Å². The second-order valence-corrected chi connectivity index (χ2v) is 6.38. The smallest absolute Gasteiger partial charge is 0.349 e. The molecule has 26 heavy (non-hydrogen) atoms. The molecular weight excluding hydrogens is 352 g/mol. The number of ketones is 1. The van der Waals surface area contributed by atoms with Gasteiger partial charge in [-0.1, -0.05) is 17.5 Å². The van der Waals surface area contributed by atoms with Crippen molar-refractivity contribution >= 4 is 23.4 Å². The van der Waals surface area contributed by atoms with Crippen LogP contribution in [0.3, 0.4) is 0 Å². The first-order valence-corrected chi connectivity index (χ1v) is 8.48. The molecule has 134 valence electrons. The van der Waals surface area contributed by atoms with Crippen molar-refractivity contribution in [2.24, 2.45) is 0 Å². The molecule has 0 fully saturated rings. The first kappa shape index (κ1) is 19.6. The minimum absolute atomic E-state index is 0.287. The van der Waals surface area contributed by atoms with E-state index in [1.807, 2.05) is 0 Å². The molecule has 0 atom stereocenters. The number of halogens is 1. The van der Waals surface area contributed by atoms with Crippen molar-refractivity contribution in [1.82, 2.24) is 0 Å². The highest BCUT2D eigenvalue weighted by Crippen LogP contribution is 2.20. The Morgan fingerprint density at radius 2 is 1.65 bits per heavy atom. The molecule has 0 bridgehead atoms. The van der Waals surface area contributed by atoms with Crippen molar-refractivity contribution in [3.63, 3.8) is 0 Å². The van der Waals surface area contributed by atoms with Crippen molar-refractivity contribution in [3.8, 4) is 17.6 Å². The van der Waals surface area contributed by atoms with E-state index in [4.69, 9.17) is 21.1 Å². The van der Waals surface area contributed by atoms with Gasteiger partial charge in [0.1, 0.15) is 5.75 Å². The highest BCUT2D eigenvalue weighted by molar-refractivity contribution is 6.30. The van der Waals surface area contributed by atoms with Gasteiger partial charge in [-0.3, -0.25) is 4.79 Å². The van der Waals surface area contributed by atoms with Gasteiger partial charge in [0.15, 0.2) is 5.60 Å². The number of rotatable bonds is 5. The van der Waals surface area contributed by atoms with Crippen LogP contribution in [0.15, 0.2) is 48.5 Å². The summed E-state index contributed by atoms with van der Waals surface area (Å²) in [5.74, 6) is 5.19. The maximum atomic E-state index is 12.0. The quantitative estimate of drug-likeness (QED) is 0.447. The molecule has 0 heterocycles. The first-order chi connectivity index (χ1) is 12.3. The number of carbonyl (C=O) groups excluding carboxylic acids is 2. The number of hydrogen-bond acceptors (Lipinski definition) is 4. The summed E-state index contributed by atoms with van der Waals surface area (Å²) in [5, 5.41) is 0.566. The first-order valence-electron chi connectivity index (χ1n) is 8.10. The fourth-order valence-corrected chi connectivity index (χ4v) is 2.18. The zero-order valence-corrected chi connectivity index (χ0v) is 15.6. The van der Waals surface area contributed by atoms with Gasteiger partial charge in [-0.2, -0.15) is 0 Å². The van der Waals surface area contributed by atoms with Crippen LogP contribution in [0, 0.1) is 11.8 Å². The van der Waals surface area contributed by atoms with Crippen LogP contribution in [0.2, 0.25) is 5.02 Å². The predicted molar refractivity (Wildman–Crippen MR) is 100 cm³/mol. The highest BCUT2D eigenvalue weighted by Gasteiger charge is 2.31. The molecule has 0 unspecified atom stereocenters. The third-order valence-electron chi connectivity index (χ3n) is 3.42. The van der Waals surface area contributed by atoms with E-state index in [2.05, 4.69) is 11.8 Å². The second kappa shape index (κ2) is 8.55. The SMILES string of the molecule is CCOC(=O)C(C)(C)Oc1ccc(C#CC(=O)c2ccc(Cl)cc2)cc1. The Morgan fingerprint density at radius 1 is 1.04 bits per heavy atom. The van der Waals surface area contributed by atoms with Crippen LogP contribution in [-0.2, 0) is 9.53 Å². The van der Waals surface area contributed by atoms with Crippen molar-refractivity contribution in [2.75, 3.05) is 6.61 Å². The van der Waals surface area contributed by atoms with E-state index in [1.54, 1.807) is 69.3 Å². The average Bonchev–Trinajstić information content (AvgIpc) is 2.61. The Kier molecular flexibility index (Phi) is 6.43. The Bertz CT molecular complexity index is 840. The highest BCUT2D eigenvalue weighted by atomic mass is 35.5. The molecule has 0 aliphatic heterocycles. The Hall–Kier alpha value is -2.77. The van der Waals surface area contributed by atoms with Gasteiger partial charge in [0.25, 0.3) is 0 Å². The minimum Gasteiger partial charge on any atom is -0.476 e. The summed E-state index contributed by atoms with van der Waals surface area (Å²) in [6.45, 7) is 5.32. The van der Waals surface area contributed by atoms with Crippen molar-refractivity contribution < 1.29 is 19.1 Å². The van der Waals surface area contributed by atoms with Crippen LogP contribution in [-0.4, -0.2) is 24.0 Å². The van der Waals surface area contributed by atoms with Crippen molar-refractivity contribution in [1.29, 1.82) is 0 Å². The molecule has 0 radical (unpaired) electrons. The van der Waals surface area contributed by atoms with E-state index in [1.165, 1.54) is 0 Å². The maximum absolute atomic E-state index is 12.0. The number of ether oxygens (including phenoxy) is 2. The van der Waals surface area contributed by atoms with E-state index in [-0.39, 0.29) is 5.78 Å².